The first-order valence-corrected chi connectivity index (χ1v) is 13.1. The highest BCUT2D eigenvalue weighted by Gasteiger charge is 2.50. The van der Waals surface area contributed by atoms with E-state index in [0.717, 1.165) is 38.5 Å². The van der Waals surface area contributed by atoms with Crippen LogP contribution >= 0.6 is 0 Å². The lowest BCUT2D eigenvalue weighted by molar-refractivity contribution is -0.0351. The van der Waals surface area contributed by atoms with E-state index in [1.54, 1.807) is 0 Å². The maximum atomic E-state index is 13.1. The van der Waals surface area contributed by atoms with Crippen LogP contribution in [-0.2, 0) is 19.7 Å². The van der Waals surface area contributed by atoms with E-state index in [0.29, 0.717) is 0 Å². The molecular weight excluding hydrogens is 396 g/mol. The molecule has 0 aromatic rings. The zero-order valence-corrected chi connectivity index (χ0v) is 22.0. The van der Waals surface area contributed by atoms with Crippen molar-refractivity contribution < 1.29 is 12.6 Å². The second-order valence-corrected chi connectivity index (χ2v) is 11.9. The molecule has 0 aliphatic carbocycles. The first-order chi connectivity index (χ1) is 13.8. The summed E-state index contributed by atoms with van der Waals surface area (Å²) in [5.41, 5.74) is -0.117. The van der Waals surface area contributed by atoms with Crippen LogP contribution in [0, 0.1) is 11.8 Å². The summed E-state index contributed by atoms with van der Waals surface area (Å²) in [7, 11) is 0. The van der Waals surface area contributed by atoms with E-state index < -0.39 is 11.4 Å². The average molecular weight is 445 g/mol. The summed E-state index contributed by atoms with van der Waals surface area (Å²) in [6.07, 6.45) is 5.55. The van der Waals surface area contributed by atoms with E-state index in [1.807, 2.05) is 0 Å². The number of hydrogen-bond donors (Lipinski definition) is 2. The summed E-state index contributed by atoms with van der Waals surface area (Å²) in [5, 5.41) is 7.71. The van der Waals surface area contributed by atoms with Gasteiger partial charge in [-0.15, -0.1) is 0 Å². The molecule has 0 aromatic carbocycles. The minimum atomic E-state index is -1.75. The lowest BCUT2D eigenvalue weighted by atomic mass is 9.70. The molecule has 2 N–H and O–H groups in total. The maximum absolute atomic E-state index is 13.1. The Kier molecular flexibility index (Phi) is 8.28. The summed E-state index contributed by atoms with van der Waals surface area (Å²) < 4.78 is 25.4. The van der Waals surface area contributed by atoms with E-state index in [4.69, 9.17) is 8.37 Å². The smallest absolute Gasteiger partial charge is 0.305 e. The first-order valence-electron chi connectivity index (χ1n) is 12.1. The Labute approximate surface area is 188 Å². The van der Waals surface area contributed by atoms with Gasteiger partial charge in [0, 0.05) is 34.0 Å². The predicted octanol–water partition coefficient (Wildman–Crippen LogP) is 5.27. The maximum Gasteiger partial charge on any atom is 0.305 e. The third kappa shape index (κ3) is 5.31. The molecule has 2 heterocycles. The number of piperidine rings is 2. The van der Waals surface area contributed by atoms with Gasteiger partial charge >= 0.3 is 11.4 Å². The average Bonchev–Trinajstić information content (AvgIpc) is 2.69. The lowest BCUT2D eigenvalue weighted by Crippen LogP contribution is -2.67. The molecule has 0 radical (unpaired) electrons. The van der Waals surface area contributed by atoms with Crippen LogP contribution in [0.4, 0.5) is 0 Å². The largest absolute Gasteiger partial charge is 0.306 e. The van der Waals surface area contributed by atoms with Crippen LogP contribution < -0.4 is 10.6 Å². The monoisotopic (exact) mass is 444 g/mol. The van der Waals surface area contributed by atoms with E-state index >= 15 is 0 Å². The number of hydrogen-bond acceptors (Lipinski definition) is 5. The molecule has 30 heavy (non-hydrogen) atoms. The molecule has 0 amide bonds. The molecule has 8 unspecified atom stereocenters. The van der Waals surface area contributed by atoms with Crippen molar-refractivity contribution in [2.45, 2.75) is 142 Å². The standard InChI is InChI=1S/C24H48N2O3S/c1-11-21(7)15-19(17(5)23(9,13-3)25-21)28-30(27)29-20-16-22(8,12-2)26-24(10,14-4)18(20)6/h17-20,25-26H,11-16H2,1-10H3. The van der Waals surface area contributed by atoms with Crippen LogP contribution in [0.3, 0.4) is 0 Å². The van der Waals surface area contributed by atoms with E-state index in [9.17, 15) is 4.21 Å². The van der Waals surface area contributed by atoms with Crippen molar-refractivity contribution >= 4 is 11.4 Å². The van der Waals surface area contributed by atoms with Crippen molar-refractivity contribution in [3.05, 3.63) is 0 Å². The molecule has 0 spiro atoms. The summed E-state index contributed by atoms with van der Waals surface area (Å²) in [6, 6.07) is 0. The van der Waals surface area contributed by atoms with E-state index in [2.05, 4.69) is 79.9 Å². The van der Waals surface area contributed by atoms with Gasteiger partial charge in [-0.3, -0.25) is 8.37 Å². The zero-order valence-electron chi connectivity index (χ0n) is 21.2. The fourth-order valence-electron chi connectivity index (χ4n) is 5.52. The minimum Gasteiger partial charge on any atom is -0.306 e. The number of rotatable bonds is 8. The number of nitrogens with one attached hydrogen (secondary N) is 2. The third-order valence-corrected chi connectivity index (χ3v) is 9.85. The fourth-order valence-corrected chi connectivity index (χ4v) is 6.43. The molecule has 2 aliphatic heterocycles. The topological polar surface area (TPSA) is 59.6 Å². The summed E-state index contributed by atoms with van der Waals surface area (Å²) in [4.78, 5) is 0. The molecule has 2 saturated heterocycles. The molecule has 8 atom stereocenters. The van der Waals surface area contributed by atoms with Gasteiger partial charge in [0.2, 0.25) is 0 Å². The predicted molar refractivity (Wildman–Crippen MR) is 127 cm³/mol. The highest BCUT2D eigenvalue weighted by molar-refractivity contribution is 7.75. The Balaban J connectivity index is 2.15. The van der Waals surface area contributed by atoms with Gasteiger partial charge in [-0.05, 0) is 66.2 Å². The second kappa shape index (κ2) is 9.46. The SMILES string of the molecule is CCC1(C)CC(OS(=O)OC2CC(C)(CC)NC(C)(CC)C2C)C(C)C(C)(CC)N1. The van der Waals surface area contributed by atoms with Gasteiger partial charge < -0.3 is 10.6 Å². The molecule has 2 rings (SSSR count). The fraction of sp³-hybridized carbons (Fsp3) is 1.00. The van der Waals surface area contributed by atoms with Crippen molar-refractivity contribution in [3.8, 4) is 0 Å². The quantitative estimate of drug-likeness (QED) is 0.534. The van der Waals surface area contributed by atoms with Gasteiger partial charge in [0.15, 0.2) is 0 Å². The van der Waals surface area contributed by atoms with Crippen LogP contribution in [0.25, 0.3) is 0 Å². The molecule has 5 nitrogen and oxygen atoms in total. The third-order valence-electron chi connectivity index (χ3n) is 9.04. The van der Waals surface area contributed by atoms with Gasteiger partial charge in [-0.2, -0.15) is 4.21 Å². The Bertz CT molecular complexity index is 569. The molecule has 178 valence electrons. The Morgan fingerprint density at radius 1 is 0.733 bits per heavy atom. The van der Waals surface area contributed by atoms with E-state index in [-0.39, 0.29) is 46.2 Å². The second-order valence-electron chi connectivity index (χ2n) is 11.1. The van der Waals surface area contributed by atoms with Crippen molar-refractivity contribution in [1.82, 2.24) is 10.6 Å². The van der Waals surface area contributed by atoms with Crippen molar-refractivity contribution in [2.75, 3.05) is 0 Å². The zero-order chi connectivity index (χ0) is 23.0. The molecule has 2 fully saturated rings. The summed E-state index contributed by atoms with van der Waals surface area (Å²) in [5.74, 6) is 0.504. The van der Waals surface area contributed by atoms with Crippen molar-refractivity contribution in [2.24, 2.45) is 11.8 Å². The van der Waals surface area contributed by atoms with Gasteiger partial charge in [0.1, 0.15) is 0 Å². The van der Waals surface area contributed by atoms with Crippen molar-refractivity contribution in [3.63, 3.8) is 0 Å². The van der Waals surface area contributed by atoms with E-state index in [1.165, 1.54) is 0 Å². The Morgan fingerprint density at radius 2 is 1.07 bits per heavy atom. The minimum absolute atomic E-state index is 0.0181. The molecule has 0 saturated carbocycles. The Morgan fingerprint density at radius 3 is 1.33 bits per heavy atom. The molecular formula is C24H48N2O3S. The van der Waals surface area contributed by atoms with Crippen LogP contribution in [0.1, 0.15) is 108 Å². The summed E-state index contributed by atoms with van der Waals surface area (Å²) in [6.45, 7) is 22.3. The van der Waals surface area contributed by atoms with Gasteiger partial charge in [-0.1, -0.05) is 41.5 Å². The molecule has 6 heteroatoms. The summed E-state index contributed by atoms with van der Waals surface area (Å²) >= 11 is -1.75. The normalized spacial score (nSPS) is 48.5. The van der Waals surface area contributed by atoms with Crippen LogP contribution in [0.5, 0.6) is 0 Å². The van der Waals surface area contributed by atoms with Crippen LogP contribution in [-0.4, -0.2) is 38.6 Å². The van der Waals surface area contributed by atoms with Crippen LogP contribution in [0.2, 0.25) is 0 Å². The Hall–Kier alpha value is -0.0100. The van der Waals surface area contributed by atoms with Gasteiger partial charge in [-0.25, -0.2) is 0 Å². The highest BCUT2D eigenvalue weighted by atomic mass is 32.2. The highest BCUT2D eigenvalue weighted by Crippen LogP contribution is 2.41. The molecule has 0 bridgehead atoms. The van der Waals surface area contributed by atoms with Gasteiger partial charge in [0.05, 0.1) is 12.2 Å². The van der Waals surface area contributed by atoms with Crippen molar-refractivity contribution in [1.29, 1.82) is 0 Å². The first kappa shape index (κ1) is 26.2. The lowest BCUT2D eigenvalue weighted by Gasteiger charge is -2.53. The molecule has 2 aliphatic rings. The molecule has 0 aromatic heterocycles. The van der Waals surface area contributed by atoms with Gasteiger partial charge in [0.25, 0.3) is 0 Å². The van der Waals surface area contributed by atoms with Crippen LogP contribution in [0.15, 0.2) is 0 Å².